The highest BCUT2D eigenvalue weighted by Gasteiger charge is 2.05. The molecule has 0 amide bonds. The Kier molecular flexibility index (Phi) is 3.00. The Morgan fingerprint density at radius 2 is 2.25 bits per heavy atom. The molecule has 0 radical (unpaired) electrons. The summed E-state index contributed by atoms with van der Waals surface area (Å²) in [4.78, 5) is 15.5. The van der Waals surface area contributed by atoms with Crippen LogP contribution in [0, 0.1) is 6.92 Å². The Morgan fingerprint density at radius 3 is 2.94 bits per heavy atom. The fourth-order valence-electron chi connectivity index (χ4n) is 1.33. The lowest BCUT2D eigenvalue weighted by atomic mass is 10.1. The Balaban J connectivity index is 2.36. The summed E-state index contributed by atoms with van der Waals surface area (Å²) in [5.74, 6) is 0.574. The molecular formula is C10H10N4OS. The lowest BCUT2D eigenvalue weighted by molar-refractivity contribution is 0.925. The zero-order chi connectivity index (χ0) is 11.5. The summed E-state index contributed by atoms with van der Waals surface area (Å²) < 4.78 is 1.53. The van der Waals surface area contributed by atoms with Gasteiger partial charge in [-0.05, 0) is 18.6 Å². The van der Waals surface area contributed by atoms with E-state index < -0.39 is 0 Å². The van der Waals surface area contributed by atoms with Gasteiger partial charge in [0, 0.05) is 24.4 Å². The minimum absolute atomic E-state index is 0.223. The van der Waals surface area contributed by atoms with Crippen molar-refractivity contribution in [3.05, 3.63) is 52.0 Å². The summed E-state index contributed by atoms with van der Waals surface area (Å²) in [6.07, 6.45) is 5.38. The molecule has 0 bridgehead atoms. The van der Waals surface area contributed by atoms with Gasteiger partial charge in [-0.15, -0.1) is 0 Å². The third-order valence-corrected chi connectivity index (χ3v) is 2.59. The van der Waals surface area contributed by atoms with Crippen LogP contribution in [0.5, 0.6) is 0 Å². The molecule has 0 aliphatic heterocycles. The van der Waals surface area contributed by atoms with Crippen LogP contribution in [0.4, 0.5) is 0 Å². The fraction of sp³-hybridized carbons (Fsp3) is 0.200. The maximum absolute atomic E-state index is 11.6. The molecule has 0 aliphatic rings. The number of hydrogen-bond donors (Lipinski definition) is 1. The maximum atomic E-state index is 11.6. The lowest BCUT2D eigenvalue weighted by Crippen LogP contribution is -2.17. The second-order valence-electron chi connectivity index (χ2n) is 3.39. The Morgan fingerprint density at radius 1 is 1.44 bits per heavy atom. The van der Waals surface area contributed by atoms with Crippen molar-refractivity contribution < 1.29 is 0 Å². The van der Waals surface area contributed by atoms with Gasteiger partial charge in [-0.25, -0.2) is 0 Å². The van der Waals surface area contributed by atoms with Crippen LogP contribution in [-0.2, 0) is 6.42 Å². The van der Waals surface area contributed by atoms with Gasteiger partial charge in [0.05, 0.1) is 6.20 Å². The van der Waals surface area contributed by atoms with Crippen LogP contribution < -0.4 is 5.56 Å². The first-order valence-electron chi connectivity index (χ1n) is 4.71. The van der Waals surface area contributed by atoms with E-state index in [9.17, 15) is 4.79 Å². The van der Waals surface area contributed by atoms with E-state index in [1.165, 1.54) is 3.97 Å². The molecule has 0 saturated carbocycles. The lowest BCUT2D eigenvalue weighted by Gasteiger charge is -2.04. The molecule has 82 valence electrons. The van der Waals surface area contributed by atoms with Gasteiger partial charge in [0.15, 0.2) is 0 Å². The minimum Gasteiger partial charge on any atom is -0.281 e. The summed E-state index contributed by atoms with van der Waals surface area (Å²) in [5.41, 5.74) is 1.29. The second-order valence-corrected chi connectivity index (χ2v) is 3.82. The number of nitrogens with zero attached hydrogens (tertiary/aromatic N) is 4. The molecular weight excluding hydrogens is 224 g/mol. The molecule has 2 heterocycles. The Labute approximate surface area is 97.7 Å². The molecule has 0 saturated heterocycles. The van der Waals surface area contributed by atoms with Crippen molar-refractivity contribution in [3.63, 3.8) is 0 Å². The summed E-state index contributed by atoms with van der Waals surface area (Å²) in [6.45, 7) is 1.73. The van der Waals surface area contributed by atoms with Gasteiger partial charge in [0.2, 0.25) is 0 Å². The molecule has 0 N–H and O–H groups in total. The average Bonchev–Trinajstić information content (AvgIpc) is 2.27. The SMILES string of the molecule is Cc1nc(=O)c(Cc2ccnnc2)cn1S. The monoisotopic (exact) mass is 234 g/mol. The Hall–Kier alpha value is -1.69. The molecule has 0 spiro atoms. The van der Waals surface area contributed by atoms with Crippen molar-refractivity contribution in [2.24, 2.45) is 0 Å². The standard InChI is InChI=1S/C10H10N4OS/c1-7-13-10(15)9(6-14(7)16)4-8-2-3-11-12-5-8/h2-3,5-6,16H,4H2,1H3. The van der Waals surface area contributed by atoms with Crippen LogP contribution in [0.3, 0.4) is 0 Å². The average molecular weight is 234 g/mol. The predicted octanol–water partition coefficient (Wildman–Crippen LogP) is 0.625. The van der Waals surface area contributed by atoms with E-state index in [2.05, 4.69) is 28.0 Å². The van der Waals surface area contributed by atoms with Gasteiger partial charge >= 0.3 is 0 Å². The number of rotatable bonds is 2. The van der Waals surface area contributed by atoms with Crippen LogP contribution in [0.2, 0.25) is 0 Å². The number of aryl methyl sites for hydroxylation is 1. The quantitative estimate of drug-likeness (QED) is 0.774. The van der Waals surface area contributed by atoms with Gasteiger partial charge in [-0.2, -0.15) is 15.2 Å². The number of thiol groups is 1. The minimum atomic E-state index is -0.223. The summed E-state index contributed by atoms with van der Waals surface area (Å²) >= 11 is 4.17. The second kappa shape index (κ2) is 4.44. The van der Waals surface area contributed by atoms with Crippen molar-refractivity contribution in [2.45, 2.75) is 13.3 Å². The molecule has 5 nitrogen and oxygen atoms in total. The van der Waals surface area contributed by atoms with Gasteiger partial charge < -0.3 is 0 Å². The predicted molar refractivity (Wildman–Crippen MR) is 62.5 cm³/mol. The van der Waals surface area contributed by atoms with E-state index in [0.717, 1.165) is 5.56 Å². The number of aromatic nitrogens is 4. The van der Waals surface area contributed by atoms with E-state index in [1.54, 1.807) is 25.5 Å². The van der Waals surface area contributed by atoms with E-state index in [-0.39, 0.29) is 5.56 Å². The molecule has 0 unspecified atom stereocenters. The van der Waals surface area contributed by atoms with Gasteiger partial charge in [0.25, 0.3) is 5.56 Å². The van der Waals surface area contributed by atoms with Crippen molar-refractivity contribution in [2.75, 3.05) is 0 Å². The van der Waals surface area contributed by atoms with Crippen molar-refractivity contribution in [1.82, 2.24) is 19.2 Å². The molecule has 0 atom stereocenters. The van der Waals surface area contributed by atoms with Crippen molar-refractivity contribution in [1.29, 1.82) is 0 Å². The highest BCUT2D eigenvalue weighted by molar-refractivity contribution is 7.78. The molecule has 0 aliphatic carbocycles. The largest absolute Gasteiger partial charge is 0.281 e. The van der Waals surface area contributed by atoms with Gasteiger partial charge in [0.1, 0.15) is 5.82 Å². The highest BCUT2D eigenvalue weighted by atomic mass is 32.1. The van der Waals surface area contributed by atoms with Crippen LogP contribution in [0.1, 0.15) is 17.0 Å². The molecule has 2 aromatic heterocycles. The summed E-state index contributed by atoms with van der Waals surface area (Å²) in [5, 5.41) is 7.43. The first-order valence-corrected chi connectivity index (χ1v) is 5.11. The third kappa shape index (κ3) is 2.27. The van der Waals surface area contributed by atoms with Crippen LogP contribution >= 0.6 is 12.8 Å². The normalized spacial score (nSPS) is 10.4. The first kappa shape index (κ1) is 10.8. The van der Waals surface area contributed by atoms with Gasteiger partial charge in [-0.3, -0.25) is 8.77 Å². The molecule has 6 heteroatoms. The van der Waals surface area contributed by atoms with Crippen molar-refractivity contribution >= 4 is 12.8 Å². The molecule has 0 fully saturated rings. The van der Waals surface area contributed by atoms with E-state index in [0.29, 0.717) is 17.8 Å². The molecule has 2 aromatic rings. The van der Waals surface area contributed by atoms with E-state index >= 15 is 0 Å². The zero-order valence-corrected chi connectivity index (χ0v) is 9.56. The molecule has 16 heavy (non-hydrogen) atoms. The topological polar surface area (TPSA) is 60.7 Å². The summed E-state index contributed by atoms with van der Waals surface area (Å²) in [6, 6.07) is 1.81. The first-order chi connectivity index (χ1) is 7.66. The van der Waals surface area contributed by atoms with E-state index in [1.807, 2.05) is 6.07 Å². The highest BCUT2D eigenvalue weighted by Crippen LogP contribution is 2.04. The van der Waals surface area contributed by atoms with Crippen LogP contribution in [0.25, 0.3) is 0 Å². The molecule has 0 aromatic carbocycles. The van der Waals surface area contributed by atoms with Crippen molar-refractivity contribution in [3.8, 4) is 0 Å². The maximum Gasteiger partial charge on any atom is 0.276 e. The van der Waals surface area contributed by atoms with Crippen LogP contribution in [-0.4, -0.2) is 19.2 Å². The fourth-order valence-corrected chi connectivity index (χ4v) is 1.51. The zero-order valence-electron chi connectivity index (χ0n) is 8.66. The Bertz CT molecular complexity index is 552. The summed E-state index contributed by atoms with van der Waals surface area (Å²) in [7, 11) is 0. The van der Waals surface area contributed by atoms with E-state index in [4.69, 9.17) is 0 Å². The third-order valence-electron chi connectivity index (χ3n) is 2.19. The smallest absolute Gasteiger partial charge is 0.276 e. The van der Waals surface area contributed by atoms with Crippen LogP contribution in [0.15, 0.2) is 29.5 Å². The van der Waals surface area contributed by atoms with Gasteiger partial charge in [-0.1, -0.05) is 12.8 Å². The molecule has 2 rings (SSSR count). The number of hydrogen-bond acceptors (Lipinski definition) is 5.